The molecule has 3 aromatic rings. The molecule has 134 valence electrons. The lowest BCUT2D eigenvalue weighted by molar-refractivity contribution is -0.115. The molecule has 1 saturated heterocycles. The second-order valence-corrected chi connectivity index (χ2v) is 7.45. The zero-order chi connectivity index (χ0) is 18.4. The van der Waals surface area contributed by atoms with Crippen molar-refractivity contribution in [2.45, 2.75) is 13.0 Å². The Morgan fingerprint density at radius 2 is 2.07 bits per heavy atom. The van der Waals surface area contributed by atoms with Gasteiger partial charge in [0, 0.05) is 47.9 Å². The SMILES string of the molecule is O=C1NC(=O)/C(=C/c2ccnc(N3CCc4[nH]c5ccccc5c4C3)n2)S1. The fourth-order valence-electron chi connectivity index (χ4n) is 3.49. The molecule has 4 heterocycles. The average molecular weight is 377 g/mol. The number of benzene rings is 1. The maximum Gasteiger partial charge on any atom is 0.290 e. The van der Waals surface area contributed by atoms with Crippen molar-refractivity contribution in [3.05, 3.63) is 58.4 Å². The van der Waals surface area contributed by atoms with Crippen LogP contribution in [0.1, 0.15) is 17.0 Å². The summed E-state index contributed by atoms with van der Waals surface area (Å²) in [7, 11) is 0. The lowest BCUT2D eigenvalue weighted by Gasteiger charge is -2.27. The van der Waals surface area contributed by atoms with Crippen LogP contribution in [-0.2, 0) is 17.8 Å². The number of H-pyrrole nitrogens is 1. The first-order valence-corrected chi connectivity index (χ1v) is 9.40. The van der Waals surface area contributed by atoms with E-state index in [-0.39, 0.29) is 11.1 Å². The third-order valence-electron chi connectivity index (χ3n) is 4.75. The van der Waals surface area contributed by atoms with E-state index in [0.29, 0.717) is 16.5 Å². The molecule has 0 spiro atoms. The molecule has 5 rings (SSSR count). The minimum absolute atomic E-state index is 0.349. The lowest BCUT2D eigenvalue weighted by Crippen LogP contribution is -2.31. The zero-order valence-corrected chi connectivity index (χ0v) is 15.0. The molecule has 2 aliphatic heterocycles. The number of anilines is 1. The molecule has 2 aliphatic rings. The number of hydrogen-bond acceptors (Lipinski definition) is 6. The first-order valence-electron chi connectivity index (χ1n) is 8.59. The van der Waals surface area contributed by atoms with Crippen molar-refractivity contribution in [2.24, 2.45) is 0 Å². The second-order valence-electron chi connectivity index (χ2n) is 6.43. The van der Waals surface area contributed by atoms with Crippen LogP contribution in [0.25, 0.3) is 17.0 Å². The average Bonchev–Trinajstić information content (AvgIpc) is 3.20. The summed E-state index contributed by atoms with van der Waals surface area (Å²) < 4.78 is 0. The fourth-order valence-corrected chi connectivity index (χ4v) is 4.15. The number of amides is 2. The predicted octanol–water partition coefficient (Wildman–Crippen LogP) is 2.84. The van der Waals surface area contributed by atoms with Gasteiger partial charge in [0.25, 0.3) is 11.1 Å². The van der Waals surface area contributed by atoms with E-state index in [0.717, 1.165) is 36.8 Å². The highest BCUT2D eigenvalue weighted by atomic mass is 32.2. The van der Waals surface area contributed by atoms with Crippen LogP contribution in [0.3, 0.4) is 0 Å². The van der Waals surface area contributed by atoms with Gasteiger partial charge in [0.1, 0.15) is 0 Å². The number of aromatic amines is 1. The van der Waals surface area contributed by atoms with Crippen molar-refractivity contribution in [1.82, 2.24) is 20.3 Å². The van der Waals surface area contributed by atoms with Crippen LogP contribution in [-0.4, -0.2) is 32.6 Å². The van der Waals surface area contributed by atoms with E-state index in [1.807, 2.05) is 12.1 Å². The smallest absolute Gasteiger partial charge is 0.290 e. The van der Waals surface area contributed by atoms with E-state index in [2.05, 4.69) is 37.3 Å². The van der Waals surface area contributed by atoms with E-state index >= 15 is 0 Å². The Morgan fingerprint density at radius 3 is 2.93 bits per heavy atom. The maximum atomic E-state index is 11.7. The molecule has 27 heavy (non-hydrogen) atoms. The van der Waals surface area contributed by atoms with Gasteiger partial charge in [-0.2, -0.15) is 0 Å². The molecule has 2 amide bonds. The quantitative estimate of drug-likeness (QED) is 0.668. The predicted molar refractivity (Wildman–Crippen MR) is 104 cm³/mol. The minimum atomic E-state index is -0.383. The Kier molecular flexibility index (Phi) is 3.71. The van der Waals surface area contributed by atoms with Gasteiger partial charge in [0.05, 0.1) is 10.6 Å². The van der Waals surface area contributed by atoms with Crippen molar-refractivity contribution >= 4 is 45.8 Å². The minimum Gasteiger partial charge on any atom is -0.358 e. The van der Waals surface area contributed by atoms with Gasteiger partial charge < -0.3 is 9.88 Å². The molecule has 0 bridgehead atoms. The second kappa shape index (κ2) is 6.24. The number of carbonyl (C=O) groups excluding carboxylic acids is 2. The Hall–Kier alpha value is -3.13. The largest absolute Gasteiger partial charge is 0.358 e. The molecule has 1 fully saturated rings. The molecule has 0 saturated carbocycles. The molecule has 0 radical (unpaired) electrons. The van der Waals surface area contributed by atoms with Gasteiger partial charge >= 0.3 is 0 Å². The van der Waals surface area contributed by atoms with E-state index in [4.69, 9.17) is 0 Å². The number of hydrogen-bond donors (Lipinski definition) is 2. The molecule has 8 heteroatoms. The summed E-state index contributed by atoms with van der Waals surface area (Å²) in [5.41, 5.74) is 4.30. The summed E-state index contributed by atoms with van der Waals surface area (Å²) in [6.07, 6.45) is 4.20. The summed E-state index contributed by atoms with van der Waals surface area (Å²) in [5, 5.41) is 3.12. The van der Waals surface area contributed by atoms with Gasteiger partial charge in [-0.1, -0.05) is 18.2 Å². The normalized spacial score (nSPS) is 18.2. The van der Waals surface area contributed by atoms with E-state index < -0.39 is 0 Å². The summed E-state index contributed by atoms with van der Waals surface area (Å²) in [4.78, 5) is 38.0. The van der Waals surface area contributed by atoms with Gasteiger partial charge in [-0.05, 0) is 30.0 Å². The number of para-hydroxylation sites is 1. The number of nitrogens with zero attached hydrogens (tertiary/aromatic N) is 3. The number of fused-ring (bicyclic) bond motifs is 3. The number of nitrogens with one attached hydrogen (secondary N) is 2. The van der Waals surface area contributed by atoms with Crippen molar-refractivity contribution in [2.75, 3.05) is 11.4 Å². The van der Waals surface area contributed by atoms with Crippen molar-refractivity contribution in [1.29, 1.82) is 0 Å². The van der Waals surface area contributed by atoms with E-state index in [1.54, 1.807) is 18.3 Å². The number of thioether (sulfide) groups is 1. The highest BCUT2D eigenvalue weighted by molar-refractivity contribution is 8.18. The van der Waals surface area contributed by atoms with E-state index in [1.165, 1.54) is 16.6 Å². The number of aromatic nitrogens is 3. The van der Waals surface area contributed by atoms with Gasteiger partial charge in [-0.15, -0.1) is 0 Å². The molecule has 0 atom stereocenters. The Labute approximate surface area is 158 Å². The molecule has 0 aliphatic carbocycles. The molecular weight excluding hydrogens is 362 g/mol. The molecular formula is C19H15N5O2S. The summed E-state index contributed by atoms with van der Waals surface area (Å²) in [6, 6.07) is 10.0. The Balaban J connectivity index is 1.45. The summed E-state index contributed by atoms with van der Waals surface area (Å²) >= 11 is 0.887. The summed E-state index contributed by atoms with van der Waals surface area (Å²) in [5.74, 6) is 0.238. The fraction of sp³-hybridized carbons (Fsp3) is 0.158. The Morgan fingerprint density at radius 1 is 1.19 bits per heavy atom. The topological polar surface area (TPSA) is 91.0 Å². The molecule has 0 unspecified atom stereocenters. The third kappa shape index (κ3) is 2.87. The number of rotatable bonds is 2. The van der Waals surface area contributed by atoms with Crippen molar-refractivity contribution in [3.8, 4) is 0 Å². The third-order valence-corrected chi connectivity index (χ3v) is 5.56. The Bertz CT molecular complexity index is 1120. The number of carbonyl (C=O) groups is 2. The first-order chi connectivity index (χ1) is 13.2. The van der Waals surface area contributed by atoms with Gasteiger partial charge in [-0.25, -0.2) is 9.97 Å². The lowest BCUT2D eigenvalue weighted by atomic mass is 10.0. The molecule has 7 nitrogen and oxygen atoms in total. The molecule has 2 aromatic heterocycles. The van der Waals surface area contributed by atoms with Gasteiger partial charge in [-0.3, -0.25) is 14.9 Å². The summed E-state index contributed by atoms with van der Waals surface area (Å²) in [6.45, 7) is 1.54. The highest BCUT2D eigenvalue weighted by Crippen LogP contribution is 2.29. The maximum absolute atomic E-state index is 11.7. The first kappa shape index (κ1) is 16.1. The van der Waals surface area contributed by atoms with Crippen LogP contribution in [0.4, 0.5) is 10.7 Å². The zero-order valence-electron chi connectivity index (χ0n) is 14.2. The molecule has 2 N–H and O–H groups in total. The van der Waals surface area contributed by atoms with Crippen LogP contribution >= 0.6 is 11.8 Å². The number of imide groups is 1. The highest BCUT2D eigenvalue weighted by Gasteiger charge is 2.26. The van der Waals surface area contributed by atoms with Crippen LogP contribution in [0.5, 0.6) is 0 Å². The van der Waals surface area contributed by atoms with Crippen LogP contribution in [0, 0.1) is 0 Å². The van der Waals surface area contributed by atoms with Gasteiger partial charge in [0.2, 0.25) is 5.95 Å². The van der Waals surface area contributed by atoms with Crippen molar-refractivity contribution in [3.63, 3.8) is 0 Å². The van der Waals surface area contributed by atoms with Crippen LogP contribution in [0.2, 0.25) is 0 Å². The van der Waals surface area contributed by atoms with Crippen molar-refractivity contribution < 1.29 is 9.59 Å². The van der Waals surface area contributed by atoms with Crippen LogP contribution in [0.15, 0.2) is 41.4 Å². The van der Waals surface area contributed by atoms with E-state index in [9.17, 15) is 9.59 Å². The van der Waals surface area contributed by atoms with Gasteiger partial charge in [0.15, 0.2) is 0 Å². The van der Waals surface area contributed by atoms with Crippen LogP contribution < -0.4 is 10.2 Å². The monoisotopic (exact) mass is 377 g/mol. The molecule has 1 aromatic carbocycles. The standard InChI is InChI=1S/C19H15N5O2S/c25-17-16(27-19(26)23-17)9-11-5-7-20-18(21-11)24-8-6-15-13(10-24)12-3-1-2-4-14(12)22-15/h1-5,7,9,22H,6,8,10H2,(H,23,25,26)/b16-9-.